The molecule has 0 bridgehead atoms. The number of aryl methyl sites for hydroxylation is 1. The van der Waals surface area contributed by atoms with Crippen LogP contribution in [0.25, 0.3) is 11.0 Å². The van der Waals surface area contributed by atoms with Crippen LogP contribution in [0, 0.1) is 12.3 Å². The molecule has 1 saturated carbocycles. The largest absolute Gasteiger partial charge is 0.351 e. The van der Waals surface area contributed by atoms with E-state index in [0.29, 0.717) is 17.6 Å². The Morgan fingerprint density at radius 2 is 2.04 bits per heavy atom. The van der Waals surface area contributed by atoms with Gasteiger partial charge in [-0.05, 0) is 31.9 Å². The SMILES string of the molecule is Cc1nccn1CC1(CNC(=O)c2cccc3nccnc23)CC1. The number of nitrogens with zero attached hydrogens (tertiary/aromatic N) is 4. The lowest BCUT2D eigenvalue weighted by Crippen LogP contribution is -2.32. The van der Waals surface area contributed by atoms with Crippen LogP contribution in [-0.4, -0.2) is 32.0 Å². The summed E-state index contributed by atoms with van der Waals surface area (Å²) in [5.74, 6) is 0.923. The molecule has 1 N–H and O–H groups in total. The minimum Gasteiger partial charge on any atom is -0.351 e. The molecule has 24 heavy (non-hydrogen) atoms. The molecule has 1 aliphatic carbocycles. The molecule has 6 heteroatoms. The highest BCUT2D eigenvalue weighted by molar-refractivity contribution is 6.04. The van der Waals surface area contributed by atoms with Crippen LogP contribution in [0.2, 0.25) is 0 Å². The molecule has 0 unspecified atom stereocenters. The molecule has 0 radical (unpaired) electrons. The van der Waals surface area contributed by atoms with Crippen molar-refractivity contribution in [1.29, 1.82) is 0 Å². The number of rotatable bonds is 5. The topological polar surface area (TPSA) is 72.7 Å². The Morgan fingerprint density at radius 3 is 2.79 bits per heavy atom. The Balaban J connectivity index is 1.47. The molecule has 0 saturated heterocycles. The summed E-state index contributed by atoms with van der Waals surface area (Å²) in [5.41, 5.74) is 2.11. The molecule has 3 aromatic rings. The van der Waals surface area contributed by atoms with Gasteiger partial charge in [0.25, 0.3) is 5.91 Å². The molecule has 1 aliphatic rings. The third-order valence-electron chi connectivity index (χ3n) is 4.75. The number of imidazole rings is 1. The Kier molecular flexibility index (Phi) is 3.52. The average molecular weight is 321 g/mol. The zero-order valence-corrected chi connectivity index (χ0v) is 13.6. The lowest BCUT2D eigenvalue weighted by Gasteiger charge is -2.18. The van der Waals surface area contributed by atoms with Crippen molar-refractivity contribution in [2.75, 3.05) is 6.54 Å². The number of hydrogen-bond donors (Lipinski definition) is 1. The van der Waals surface area contributed by atoms with Crippen LogP contribution < -0.4 is 5.32 Å². The van der Waals surface area contributed by atoms with E-state index < -0.39 is 0 Å². The van der Waals surface area contributed by atoms with Crippen molar-refractivity contribution in [2.45, 2.75) is 26.3 Å². The first kappa shape index (κ1) is 14.8. The Labute approximate surface area is 140 Å². The second-order valence-electron chi connectivity index (χ2n) is 6.51. The summed E-state index contributed by atoms with van der Waals surface area (Å²) in [5, 5.41) is 3.09. The number of amides is 1. The summed E-state index contributed by atoms with van der Waals surface area (Å²) in [6.07, 6.45) is 9.32. The van der Waals surface area contributed by atoms with Gasteiger partial charge in [-0.2, -0.15) is 0 Å². The maximum Gasteiger partial charge on any atom is 0.253 e. The Morgan fingerprint density at radius 1 is 1.21 bits per heavy atom. The van der Waals surface area contributed by atoms with Gasteiger partial charge in [-0.15, -0.1) is 0 Å². The standard InChI is InChI=1S/C18H19N5O/c1-13-19-9-10-23(13)12-18(5-6-18)11-22-17(24)14-3-2-4-15-16(14)21-8-7-20-15/h2-4,7-10H,5-6,11-12H2,1H3,(H,22,24). The number of carbonyl (C=O) groups excluding carboxylic acids is 1. The summed E-state index contributed by atoms with van der Waals surface area (Å²) in [6.45, 7) is 3.57. The van der Waals surface area contributed by atoms with Crippen LogP contribution in [-0.2, 0) is 6.54 Å². The first-order chi connectivity index (χ1) is 11.7. The van der Waals surface area contributed by atoms with Crippen molar-refractivity contribution in [3.05, 3.63) is 54.4 Å². The minimum absolute atomic E-state index is 0.0882. The molecule has 2 heterocycles. The van der Waals surface area contributed by atoms with Crippen LogP contribution in [0.3, 0.4) is 0 Å². The number of para-hydroxylation sites is 1. The van der Waals surface area contributed by atoms with Gasteiger partial charge in [0, 0.05) is 43.3 Å². The summed E-state index contributed by atoms with van der Waals surface area (Å²) < 4.78 is 2.16. The molecule has 4 rings (SSSR count). The number of nitrogens with one attached hydrogen (secondary N) is 1. The average Bonchev–Trinajstić information content (AvgIpc) is 3.27. The second-order valence-corrected chi connectivity index (χ2v) is 6.51. The number of hydrogen-bond acceptors (Lipinski definition) is 4. The molecular formula is C18H19N5O. The van der Waals surface area contributed by atoms with Crippen LogP contribution in [0.15, 0.2) is 43.0 Å². The van der Waals surface area contributed by atoms with Gasteiger partial charge in [0.15, 0.2) is 0 Å². The third-order valence-corrected chi connectivity index (χ3v) is 4.75. The Hall–Kier alpha value is -2.76. The summed E-state index contributed by atoms with van der Waals surface area (Å²) in [6, 6.07) is 5.50. The normalized spacial score (nSPS) is 15.4. The fourth-order valence-electron chi connectivity index (χ4n) is 3.04. The molecule has 1 aromatic carbocycles. The second kappa shape index (κ2) is 5.70. The van der Waals surface area contributed by atoms with Crippen molar-refractivity contribution in [3.63, 3.8) is 0 Å². The van der Waals surface area contributed by atoms with Crippen molar-refractivity contribution >= 4 is 16.9 Å². The first-order valence-electron chi connectivity index (χ1n) is 8.13. The van der Waals surface area contributed by atoms with E-state index in [9.17, 15) is 4.79 Å². The van der Waals surface area contributed by atoms with E-state index in [4.69, 9.17) is 0 Å². The van der Waals surface area contributed by atoms with Crippen molar-refractivity contribution < 1.29 is 4.79 Å². The zero-order chi connectivity index (χ0) is 16.6. The van der Waals surface area contributed by atoms with Gasteiger partial charge in [0.2, 0.25) is 0 Å². The van der Waals surface area contributed by atoms with E-state index in [1.807, 2.05) is 31.5 Å². The van der Waals surface area contributed by atoms with Crippen LogP contribution in [0.4, 0.5) is 0 Å². The predicted molar refractivity (Wildman–Crippen MR) is 90.5 cm³/mol. The van der Waals surface area contributed by atoms with E-state index >= 15 is 0 Å². The maximum atomic E-state index is 12.6. The van der Waals surface area contributed by atoms with Gasteiger partial charge < -0.3 is 9.88 Å². The smallest absolute Gasteiger partial charge is 0.253 e. The molecule has 0 atom stereocenters. The maximum absolute atomic E-state index is 12.6. The molecular weight excluding hydrogens is 302 g/mol. The fraction of sp³-hybridized carbons (Fsp3) is 0.333. The Bertz CT molecular complexity index is 892. The monoisotopic (exact) mass is 321 g/mol. The lowest BCUT2D eigenvalue weighted by atomic mass is 10.1. The predicted octanol–water partition coefficient (Wildman–Crippen LogP) is 2.34. The molecule has 0 aliphatic heterocycles. The van der Waals surface area contributed by atoms with Gasteiger partial charge in [-0.3, -0.25) is 14.8 Å². The van der Waals surface area contributed by atoms with Gasteiger partial charge in [-0.25, -0.2) is 4.98 Å². The van der Waals surface area contributed by atoms with E-state index in [2.05, 4.69) is 24.8 Å². The zero-order valence-electron chi connectivity index (χ0n) is 13.6. The quantitative estimate of drug-likeness (QED) is 0.783. The van der Waals surface area contributed by atoms with Gasteiger partial charge in [0.1, 0.15) is 11.3 Å². The van der Waals surface area contributed by atoms with E-state index in [0.717, 1.165) is 30.7 Å². The van der Waals surface area contributed by atoms with Crippen molar-refractivity contribution in [2.24, 2.45) is 5.41 Å². The number of fused-ring (bicyclic) bond motifs is 1. The summed E-state index contributed by atoms with van der Waals surface area (Å²) >= 11 is 0. The van der Waals surface area contributed by atoms with E-state index in [1.165, 1.54) is 0 Å². The van der Waals surface area contributed by atoms with Crippen LogP contribution in [0.5, 0.6) is 0 Å². The molecule has 0 spiro atoms. The van der Waals surface area contributed by atoms with Crippen LogP contribution in [0.1, 0.15) is 29.0 Å². The fourth-order valence-corrected chi connectivity index (χ4v) is 3.04. The summed E-state index contributed by atoms with van der Waals surface area (Å²) in [4.78, 5) is 25.4. The van der Waals surface area contributed by atoms with Crippen LogP contribution >= 0.6 is 0 Å². The first-order valence-corrected chi connectivity index (χ1v) is 8.13. The molecule has 122 valence electrons. The number of benzene rings is 1. The van der Waals surface area contributed by atoms with Crippen molar-refractivity contribution in [3.8, 4) is 0 Å². The highest BCUT2D eigenvalue weighted by Gasteiger charge is 2.43. The van der Waals surface area contributed by atoms with Gasteiger partial charge in [-0.1, -0.05) is 6.07 Å². The molecule has 1 fully saturated rings. The molecule has 2 aromatic heterocycles. The number of aromatic nitrogens is 4. The van der Waals surface area contributed by atoms with E-state index in [1.54, 1.807) is 18.5 Å². The molecule has 6 nitrogen and oxygen atoms in total. The van der Waals surface area contributed by atoms with Gasteiger partial charge in [0.05, 0.1) is 11.1 Å². The van der Waals surface area contributed by atoms with Gasteiger partial charge >= 0.3 is 0 Å². The third kappa shape index (κ3) is 2.75. The highest BCUT2D eigenvalue weighted by Crippen LogP contribution is 2.46. The lowest BCUT2D eigenvalue weighted by molar-refractivity contribution is 0.0944. The van der Waals surface area contributed by atoms with Crippen molar-refractivity contribution in [1.82, 2.24) is 24.8 Å². The minimum atomic E-state index is -0.0882. The highest BCUT2D eigenvalue weighted by atomic mass is 16.1. The van der Waals surface area contributed by atoms with E-state index in [-0.39, 0.29) is 11.3 Å². The summed E-state index contributed by atoms with van der Waals surface area (Å²) in [7, 11) is 0. The molecule has 1 amide bonds. The number of carbonyl (C=O) groups is 1.